The van der Waals surface area contributed by atoms with Crippen LogP contribution >= 0.6 is 22.7 Å². The van der Waals surface area contributed by atoms with Crippen molar-refractivity contribution in [1.82, 2.24) is 4.57 Å². The number of anilines is 1. The molecule has 1 N–H and O–H groups in total. The molecule has 9 heteroatoms. The van der Waals surface area contributed by atoms with Crippen LogP contribution in [0.3, 0.4) is 0 Å². The number of fused-ring (bicyclic) bond motifs is 1. The van der Waals surface area contributed by atoms with E-state index >= 15 is 0 Å². The van der Waals surface area contributed by atoms with Crippen LogP contribution in [0.15, 0.2) is 65.4 Å². The molecule has 1 aromatic carbocycles. The number of ether oxygens (including phenoxy) is 2. The highest BCUT2D eigenvalue weighted by molar-refractivity contribution is 7.11. The van der Waals surface area contributed by atoms with Gasteiger partial charge in [0.2, 0.25) is 5.91 Å². The van der Waals surface area contributed by atoms with E-state index in [1.165, 1.54) is 4.57 Å². The lowest BCUT2D eigenvalue weighted by atomic mass is 9.87. The predicted molar refractivity (Wildman–Crippen MR) is 139 cm³/mol. The molecule has 4 heterocycles. The van der Waals surface area contributed by atoms with Crippen LogP contribution < -0.4 is 5.32 Å². The van der Waals surface area contributed by atoms with Gasteiger partial charge < -0.3 is 14.8 Å². The fraction of sp³-hybridized carbons (Fsp3) is 0.222. The fourth-order valence-corrected chi connectivity index (χ4v) is 6.16. The second-order valence-electron chi connectivity index (χ2n) is 9.26. The summed E-state index contributed by atoms with van der Waals surface area (Å²) in [6.45, 7) is 5.21. The maximum Gasteiger partial charge on any atom is 0.420 e. The topological polar surface area (TPSA) is 93.3 Å². The van der Waals surface area contributed by atoms with Gasteiger partial charge in [-0.05, 0) is 73.5 Å². The summed E-state index contributed by atoms with van der Waals surface area (Å²) < 4.78 is 13.3. The Morgan fingerprint density at radius 1 is 1.11 bits per heavy atom. The standard InChI is InChI=1S/C27H23N3O4S2/c1-26(2,3)34-25(32)30-18(15-28)9-11-21(30)17-8-10-20-19(14-17)27(22-6-4-12-35-22,23-7-5-13-36-23)33-16-24(31)29-20/h4-14H,16H2,1-3H3,(H,29,31). The molecule has 4 aromatic rings. The Morgan fingerprint density at radius 3 is 2.39 bits per heavy atom. The number of benzene rings is 1. The molecule has 7 nitrogen and oxygen atoms in total. The van der Waals surface area contributed by atoms with E-state index in [9.17, 15) is 14.9 Å². The first-order valence-corrected chi connectivity index (χ1v) is 13.0. The first kappa shape index (κ1) is 24.0. The van der Waals surface area contributed by atoms with Crippen LogP contribution in [0.5, 0.6) is 0 Å². The Kier molecular flexibility index (Phi) is 6.04. The number of hydrogen-bond donors (Lipinski definition) is 1. The van der Waals surface area contributed by atoms with E-state index in [2.05, 4.69) is 11.4 Å². The number of carbonyl (C=O) groups is 2. The third kappa shape index (κ3) is 4.13. The molecule has 0 saturated heterocycles. The quantitative estimate of drug-likeness (QED) is 0.350. The Bertz CT molecular complexity index is 1440. The van der Waals surface area contributed by atoms with Gasteiger partial charge in [-0.3, -0.25) is 4.79 Å². The Balaban J connectivity index is 1.74. The summed E-state index contributed by atoms with van der Waals surface area (Å²) in [6.07, 6.45) is -0.638. The SMILES string of the molecule is CC(C)(C)OC(=O)n1c(C#N)ccc1-c1ccc2c(c1)C(c1cccs1)(c1cccs1)OCC(=O)N2. The number of nitriles is 1. The average Bonchev–Trinajstić information content (AvgIpc) is 3.60. The van der Waals surface area contributed by atoms with Gasteiger partial charge in [0.15, 0.2) is 5.60 Å². The maximum atomic E-state index is 13.1. The number of aromatic nitrogens is 1. The van der Waals surface area contributed by atoms with Gasteiger partial charge in [0.05, 0.1) is 5.69 Å². The van der Waals surface area contributed by atoms with Crippen molar-refractivity contribution in [2.24, 2.45) is 0 Å². The number of hydrogen-bond acceptors (Lipinski definition) is 7. The minimum atomic E-state index is -1.02. The molecule has 0 fully saturated rings. The van der Waals surface area contributed by atoms with Gasteiger partial charge in [0.25, 0.3) is 0 Å². The Hall–Kier alpha value is -3.71. The maximum absolute atomic E-state index is 13.1. The molecule has 1 aliphatic heterocycles. The minimum absolute atomic E-state index is 0.118. The van der Waals surface area contributed by atoms with Crippen LogP contribution in [-0.2, 0) is 19.9 Å². The van der Waals surface area contributed by atoms with E-state index in [-0.39, 0.29) is 18.2 Å². The molecule has 3 aromatic heterocycles. The van der Waals surface area contributed by atoms with E-state index in [1.54, 1.807) is 55.6 Å². The molecule has 0 unspecified atom stereocenters. The zero-order valence-electron chi connectivity index (χ0n) is 19.9. The molecule has 0 saturated carbocycles. The van der Waals surface area contributed by atoms with Crippen LogP contribution in [0, 0.1) is 11.3 Å². The van der Waals surface area contributed by atoms with Crippen molar-refractivity contribution in [2.45, 2.75) is 32.0 Å². The van der Waals surface area contributed by atoms with Crippen molar-refractivity contribution in [3.63, 3.8) is 0 Å². The van der Waals surface area contributed by atoms with Crippen LogP contribution in [0.25, 0.3) is 11.3 Å². The van der Waals surface area contributed by atoms with Crippen LogP contribution in [0.4, 0.5) is 10.5 Å². The number of nitrogens with one attached hydrogen (secondary N) is 1. The summed E-state index contributed by atoms with van der Waals surface area (Å²) in [5, 5.41) is 16.6. The molecule has 0 radical (unpaired) electrons. The first-order chi connectivity index (χ1) is 17.2. The third-order valence-electron chi connectivity index (χ3n) is 5.70. The van der Waals surface area contributed by atoms with Crippen molar-refractivity contribution in [3.05, 3.63) is 86.4 Å². The largest absolute Gasteiger partial charge is 0.443 e. The normalized spacial score (nSPS) is 14.9. The van der Waals surface area contributed by atoms with Crippen molar-refractivity contribution in [1.29, 1.82) is 5.26 Å². The second-order valence-corrected chi connectivity index (χ2v) is 11.2. The second kappa shape index (κ2) is 9.06. The first-order valence-electron chi connectivity index (χ1n) is 11.2. The minimum Gasteiger partial charge on any atom is -0.443 e. The molecule has 1 aliphatic rings. The van der Waals surface area contributed by atoms with Gasteiger partial charge in [-0.1, -0.05) is 18.2 Å². The molecule has 36 heavy (non-hydrogen) atoms. The van der Waals surface area contributed by atoms with Gasteiger partial charge in [-0.15, -0.1) is 22.7 Å². The molecular weight excluding hydrogens is 494 g/mol. The number of thiophene rings is 2. The van der Waals surface area contributed by atoms with Crippen LogP contribution in [-0.4, -0.2) is 28.8 Å². The molecule has 0 spiro atoms. The Labute approximate surface area is 216 Å². The summed E-state index contributed by atoms with van der Waals surface area (Å²) >= 11 is 3.09. The molecule has 0 bridgehead atoms. The lowest BCUT2D eigenvalue weighted by Crippen LogP contribution is -2.31. The van der Waals surface area contributed by atoms with E-state index < -0.39 is 17.3 Å². The smallest absolute Gasteiger partial charge is 0.420 e. The highest BCUT2D eigenvalue weighted by Crippen LogP contribution is 2.49. The highest BCUT2D eigenvalue weighted by Gasteiger charge is 2.44. The fourth-order valence-electron chi connectivity index (χ4n) is 4.28. The van der Waals surface area contributed by atoms with Crippen molar-refractivity contribution in [3.8, 4) is 17.3 Å². The average molecular weight is 518 g/mol. The third-order valence-corrected chi connectivity index (χ3v) is 7.64. The summed E-state index contributed by atoms with van der Waals surface area (Å²) in [5.41, 5.74) is 0.967. The van der Waals surface area contributed by atoms with E-state index in [4.69, 9.17) is 9.47 Å². The summed E-state index contributed by atoms with van der Waals surface area (Å²) in [5.74, 6) is -0.247. The number of rotatable bonds is 3. The predicted octanol–water partition coefficient (Wildman–Crippen LogP) is 6.19. The summed E-state index contributed by atoms with van der Waals surface area (Å²) in [7, 11) is 0. The molecule has 1 amide bonds. The van der Waals surface area contributed by atoms with Gasteiger partial charge >= 0.3 is 6.09 Å². The molecule has 5 rings (SSSR count). The zero-order valence-corrected chi connectivity index (χ0v) is 21.5. The van der Waals surface area contributed by atoms with Crippen molar-refractivity contribution in [2.75, 3.05) is 11.9 Å². The van der Waals surface area contributed by atoms with Crippen LogP contribution in [0.2, 0.25) is 0 Å². The van der Waals surface area contributed by atoms with E-state index in [0.717, 1.165) is 15.3 Å². The number of carbonyl (C=O) groups excluding carboxylic acids is 2. The lowest BCUT2D eigenvalue weighted by molar-refractivity contribution is -0.123. The number of amides is 1. The molecular formula is C27H23N3O4S2. The van der Waals surface area contributed by atoms with Crippen molar-refractivity contribution < 1.29 is 19.1 Å². The van der Waals surface area contributed by atoms with Gasteiger partial charge in [-0.2, -0.15) is 5.26 Å². The van der Waals surface area contributed by atoms with Gasteiger partial charge in [-0.25, -0.2) is 9.36 Å². The Morgan fingerprint density at radius 2 is 1.81 bits per heavy atom. The van der Waals surface area contributed by atoms with Crippen LogP contribution in [0.1, 0.15) is 41.8 Å². The van der Waals surface area contributed by atoms with E-state index in [1.807, 2.05) is 53.2 Å². The monoisotopic (exact) mass is 517 g/mol. The molecule has 182 valence electrons. The molecule has 0 aliphatic carbocycles. The summed E-state index contributed by atoms with van der Waals surface area (Å²) in [6, 6.07) is 18.8. The highest BCUT2D eigenvalue weighted by atomic mass is 32.1. The molecule has 0 atom stereocenters. The number of nitrogens with zero attached hydrogens (tertiary/aromatic N) is 2. The lowest BCUT2D eigenvalue weighted by Gasteiger charge is -2.32. The van der Waals surface area contributed by atoms with Crippen molar-refractivity contribution >= 4 is 40.4 Å². The summed E-state index contributed by atoms with van der Waals surface area (Å²) in [4.78, 5) is 27.6. The zero-order chi connectivity index (χ0) is 25.5. The van der Waals surface area contributed by atoms with E-state index in [0.29, 0.717) is 16.9 Å². The van der Waals surface area contributed by atoms with Gasteiger partial charge in [0.1, 0.15) is 24.0 Å². The van der Waals surface area contributed by atoms with Gasteiger partial charge in [0, 0.05) is 21.0 Å².